The lowest BCUT2D eigenvalue weighted by molar-refractivity contribution is 0.0288. The van der Waals surface area contributed by atoms with E-state index < -0.39 is 30.8 Å². The fourth-order valence-electron chi connectivity index (χ4n) is 2.67. The predicted octanol–water partition coefficient (Wildman–Crippen LogP) is 6.74. The summed E-state index contributed by atoms with van der Waals surface area (Å²) in [4.78, 5) is -0.614. The van der Waals surface area contributed by atoms with E-state index in [4.69, 9.17) is 81.2 Å². The van der Waals surface area contributed by atoms with E-state index in [1.165, 1.54) is 24.3 Å². The van der Waals surface area contributed by atoms with Crippen molar-refractivity contribution < 1.29 is 18.1 Å². The highest BCUT2D eigenvalue weighted by Crippen LogP contribution is 2.44. The van der Waals surface area contributed by atoms with E-state index in [0.29, 0.717) is 0 Å². The molecular weight excluding hydrogens is 536 g/mol. The minimum atomic E-state index is -4.67. The van der Waals surface area contributed by atoms with Crippen molar-refractivity contribution in [2.75, 3.05) is 0 Å². The summed E-state index contributed by atoms with van der Waals surface area (Å²) >= 11 is 41.8. The lowest BCUT2D eigenvalue weighted by atomic mass is 9.85. The van der Waals surface area contributed by atoms with Crippen LogP contribution in [-0.4, -0.2) is 21.9 Å². The van der Waals surface area contributed by atoms with Crippen molar-refractivity contribution in [1.82, 2.24) is 0 Å². The van der Waals surface area contributed by atoms with E-state index in [1.54, 1.807) is 0 Å². The van der Waals surface area contributed by atoms with Crippen LogP contribution >= 0.6 is 81.2 Å². The molecule has 0 aliphatic rings. The average molecular weight is 547 g/mol. The van der Waals surface area contributed by atoms with E-state index >= 15 is 0 Å². The van der Waals surface area contributed by atoms with Crippen molar-refractivity contribution in [3.8, 4) is 0 Å². The second-order valence-electron chi connectivity index (χ2n) is 6.01. The zero-order valence-electron chi connectivity index (χ0n) is 13.6. The van der Waals surface area contributed by atoms with Crippen LogP contribution in [0.3, 0.4) is 0 Å². The number of hydrogen-bond acceptors (Lipinski definition) is 3. The van der Waals surface area contributed by atoms with E-state index in [2.05, 4.69) is 0 Å². The second kappa shape index (κ2) is 8.83. The highest BCUT2D eigenvalue weighted by Gasteiger charge is 2.39. The Labute approximate surface area is 196 Å². The van der Waals surface area contributed by atoms with Crippen LogP contribution < -0.4 is 0 Å². The number of benzene rings is 2. The molecule has 4 nitrogen and oxygen atoms in total. The molecule has 154 valence electrons. The van der Waals surface area contributed by atoms with E-state index in [-0.39, 0.29) is 37.6 Å². The van der Waals surface area contributed by atoms with Gasteiger partial charge in [0.25, 0.3) is 10.1 Å². The van der Waals surface area contributed by atoms with Gasteiger partial charge < -0.3 is 5.11 Å². The first kappa shape index (κ1) is 24.6. The van der Waals surface area contributed by atoms with Crippen LogP contribution in [0.1, 0.15) is 17.5 Å². The zero-order chi connectivity index (χ0) is 21.5. The third kappa shape index (κ3) is 6.42. The van der Waals surface area contributed by atoms with Gasteiger partial charge in [0.05, 0.1) is 10.6 Å². The molecule has 2 rings (SSSR count). The fourth-order valence-corrected chi connectivity index (χ4v) is 5.27. The van der Waals surface area contributed by atoms with Crippen LogP contribution in [0.25, 0.3) is 0 Å². The normalized spacial score (nSPS) is 14.8. The number of hydrogen-bond donors (Lipinski definition) is 2. The van der Waals surface area contributed by atoms with Gasteiger partial charge in [0.15, 0.2) is 3.79 Å². The summed E-state index contributed by atoms with van der Waals surface area (Å²) in [6.45, 7) is 0. The standard InChI is InChI=1S/C16H11Cl7O4S/c17-10-1-8(14(20)13(5-10)28(25,26)27)6-15(24,7-16(21,22)23)9-2-11(18)4-12(19)3-9/h1-5,24H,6-7H2,(H,25,26,27). The average Bonchev–Trinajstić information content (AvgIpc) is 2.46. The van der Waals surface area contributed by atoms with Gasteiger partial charge in [-0.2, -0.15) is 8.42 Å². The van der Waals surface area contributed by atoms with Crippen molar-refractivity contribution in [2.45, 2.75) is 27.1 Å². The van der Waals surface area contributed by atoms with Gasteiger partial charge in [0.1, 0.15) is 4.90 Å². The molecule has 0 saturated carbocycles. The Kier molecular flexibility index (Phi) is 7.76. The zero-order valence-corrected chi connectivity index (χ0v) is 19.7. The number of aliphatic hydroxyl groups is 1. The number of halogens is 7. The summed E-state index contributed by atoms with van der Waals surface area (Å²) in [5.41, 5.74) is -1.57. The molecule has 1 atom stereocenters. The van der Waals surface area contributed by atoms with Crippen LogP contribution in [0.2, 0.25) is 20.1 Å². The minimum absolute atomic E-state index is 0.0348. The molecule has 2 aromatic carbocycles. The van der Waals surface area contributed by atoms with Gasteiger partial charge >= 0.3 is 0 Å². The predicted molar refractivity (Wildman–Crippen MR) is 115 cm³/mol. The Morgan fingerprint density at radius 3 is 1.82 bits per heavy atom. The Bertz CT molecular complexity index is 985. The minimum Gasteiger partial charge on any atom is -0.385 e. The summed E-state index contributed by atoms with van der Waals surface area (Å²) in [5.74, 6) is 0. The molecule has 1 unspecified atom stereocenters. The molecule has 0 fully saturated rings. The van der Waals surface area contributed by atoms with Crippen molar-refractivity contribution in [1.29, 1.82) is 0 Å². The highest BCUT2D eigenvalue weighted by molar-refractivity contribution is 7.86. The maximum Gasteiger partial charge on any atom is 0.296 e. The monoisotopic (exact) mass is 544 g/mol. The summed E-state index contributed by atoms with van der Waals surface area (Å²) in [6, 6.07) is 6.60. The summed E-state index contributed by atoms with van der Waals surface area (Å²) in [5, 5.41) is 11.4. The van der Waals surface area contributed by atoms with Gasteiger partial charge in [0.2, 0.25) is 0 Å². The number of alkyl halides is 3. The van der Waals surface area contributed by atoms with Crippen LogP contribution in [0.4, 0.5) is 0 Å². The Morgan fingerprint density at radius 2 is 1.36 bits per heavy atom. The molecule has 0 heterocycles. The van der Waals surface area contributed by atoms with Gasteiger partial charge in [-0.1, -0.05) is 81.2 Å². The summed E-state index contributed by atoms with van der Waals surface area (Å²) < 4.78 is 30.6. The van der Waals surface area contributed by atoms with Crippen LogP contribution in [0, 0.1) is 0 Å². The SMILES string of the molecule is O=S(=O)(O)c1cc(Cl)cc(CC(O)(CC(Cl)(Cl)Cl)c2cc(Cl)cc(Cl)c2)c1Cl. The third-order valence-corrected chi connectivity index (χ3v) is 6.22. The molecule has 0 radical (unpaired) electrons. The Balaban J connectivity index is 2.66. The van der Waals surface area contributed by atoms with Gasteiger partial charge in [-0.05, 0) is 41.5 Å². The van der Waals surface area contributed by atoms with Crippen LogP contribution in [0.5, 0.6) is 0 Å². The summed E-state index contributed by atoms with van der Waals surface area (Å²) in [7, 11) is -4.67. The molecule has 0 aliphatic heterocycles. The molecule has 0 saturated heterocycles. The molecule has 0 bridgehead atoms. The van der Waals surface area contributed by atoms with E-state index in [0.717, 1.165) is 6.07 Å². The van der Waals surface area contributed by atoms with Gasteiger partial charge in [-0.25, -0.2) is 0 Å². The van der Waals surface area contributed by atoms with Gasteiger partial charge in [0, 0.05) is 27.9 Å². The third-order valence-electron chi connectivity index (χ3n) is 3.73. The molecule has 28 heavy (non-hydrogen) atoms. The Hall–Kier alpha value is 0.340. The lowest BCUT2D eigenvalue weighted by Crippen LogP contribution is -2.33. The summed E-state index contributed by atoms with van der Waals surface area (Å²) in [6.07, 6.45) is -0.731. The maximum atomic E-state index is 11.6. The molecule has 2 aromatic rings. The topological polar surface area (TPSA) is 74.6 Å². The first-order valence-electron chi connectivity index (χ1n) is 7.32. The smallest absolute Gasteiger partial charge is 0.296 e. The van der Waals surface area contributed by atoms with Gasteiger partial charge in [-0.15, -0.1) is 0 Å². The van der Waals surface area contributed by atoms with Gasteiger partial charge in [-0.3, -0.25) is 4.55 Å². The van der Waals surface area contributed by atoms with Crippen molar-refractivity contribution in [3.63, 3.8) is 0 Å². The molecule has 0 aliphatic carbocycles. The number of rotatable bonds is 5. The first-order valence-corrected chi connectivity index (χ1v) is 11.4. The van der Waals surface area contributed by atoms with Crippen molar-refractivity contribution >= 4 is 91.3 Å². The van der Waals surface area contributed by atoms with E-state index in [1.807, 2.05) is 0 Å². The molecule has 0 aromatic heterocycles. The quantitative estimate of drug-likeness (QED) is 0.321. The largest absolute Gasteiger partial charge is 0.385 e. The van der Waals surface area contributed by atoms with Crippen molar-refractivity contribution in [2.24, 2.45) is 0 Å². The van der Waals surface area contributed by atoms with Crippen LogP contribution in [-0.2, 0) is 22.1 Å². The molecule has 2 N–H and O–H groups in total. The van der Waals surface area contributed by atoms with Crippen LogP contribution in [0.15, 0.2) is 35.2 Å². The fraction of sp³-hybridized carbons (Fsp3) is 0.250. The first-order chi connectivity index (χ1) is 12.6. The molecular formula is C16H11Cl7O4S. The second-order valence-corrected chi connectivity index (χ2v) is 11.6. The maximum absolute atomic E-state index is 11.6. The molecule has 0 amide bonds. The van der Waals surface area contributed by atoms with E-state index in [9.17, 15) is 18.1 Å². The highest BCUT2D eigenvalue weighted by atomic mass is 35.6. The molecule has 12 heteroatoms. The lowest BCUT2D eigenvalue weighted by Gasteiger charge is -2.32. The molecule has 0 spiro atoms. The Morgan fingerprint density at radius 1 is 0.857 bits per heavy atom. The van der Waals surface area contributed by atoms with Crippen molar-refractivity contribution in [3.05, 3.63) is 61.5 Å².